The molecule has 0 aliphatic carbocycles. The van der Waals surface area contributed by atoms with Gasteiger partial charge < -0.3 is 5.32 Å². The van der Waals surface area contributed by atoms with Crippen molar-refractivity contribution < 1.29 is 0 Å². The van der Waals surface area contributed by atoms with Crippen LogP contribution in [0.25, 0.3) is 0 Å². The number of rotatable bonds is 6. The van der Waals surface area contributed by atoms with E-state index in [-0.39, 0.29) is 0 Å². The summed E-state index contributed by atoms with van der Waals surface area (Å²) < 4.78 is 0. The average Bonchev–Trinajstić information content (AvgIpc) is 2.90. The van der Waals surface area contributed by atoms with E-state index in [1.807, 2.05) is 7.05 Å². The lowest BCUT2D eigenvalue weighted by Gasteiger charge is -2.13. The smallest absolute Gasteiger partial charge is 0.110 e. The fourth-order valence-corrected chi connectivity index (χ4v) is 3.20. The number of nitrogens with zero attached hydrogens (tertiary/aromatic N) is 1. The number of nitrogens with one attached hydrogen (secondary N) is 1. The maximum absolute atomic E-state index is 4.75. The van der Waals surface area contributed by atoms with Gasteiger partial charge in [-0.05, 0) is 31.4 Å². The van der Waals surface area contributed by atoms with Gasteiger partial charge in [0.2, 0.25) is 0 Å². The number of hydrogen-bond acceptors (Lipinski definition) is 3. The van der Waals surface area contributed by atoms with Crippen molar-refractivity contribution in [3.63, 3.8) is 0 Å². The zero-order chi connectivity index (χ0) is 13.7. The van der Waals surface area contributed by atoms with Gasteiger partial charge in [0.15, 0.2) is 0 Å². The maximum atomic E-state index is 4.75. The fraction of sp³-hybridized carbons (Fsp3) is 0.438. The van der Waals surface area contributed by atoms with E-state index < -0.39 is 0 Å². The first-order chi connectivity index (χ1) is 9.20. The Balaban J connectivity index is 1.99. The Kier molecular flexibility index (Phi) is 5.11. The zero-order valence-electron chi connectivity index (χ0n) is 11.9. The van der Waals surface area contributed by atoms with Gasteiger partial charge in [0.05, 0.1) is 11.7 Å². The van der Waals surface area contributed by atoms with Crippen molar-refractivity contribution in [2.45, 2.75) is 38.6 Å². The molecule has 0 aliphatic heterocycles. The molecular formula is C16H22N2S. The highest BCUT2D eigenvalue weighted by atomic mass is 32.1. The molecule has 2 nitrogen and oxygen atoms in total. The highest BCUT2D eigenvalue weighted by molar-refractivity contribution is 7.09. The minimum atomic E-state index is 0.359. The molecule has 102 valence electrons. The molecule has 19 heavy (non-hydrogen) atoms. The summed E-state index contributed by atoms with van der Waals surface area (Å²) in [6.07, 6.45) is 2.18. The Hall–Kier alpha value is -1.19. The lowest BCUT2D eigenvalue weighted by molar-refractivity contribution is 0.544. The first kappa shape index (κ1) is 14.2. The molecule has 2 aromatic rings. The Morgan fingerprint density at radius 1 is 1.21 bits per heavy atom. The van der Waals surface area contributed by atoms with Crippen LogP contribution in [-0.2, 0) is 6.42 Å². The molecule has 1 aromatic carbocycles. The van der Waals surface area contributed by atoms with E-state index in [9.17, 15) is 0 Å². The van der Waals surface area contributed by atoms with Crippen LogP contribution in [-0.4, -0.2) is 12.0 Å². The summed E-state index contributed by atoms with van der Waals surface area (Å²) in [5, 5.41) is 6.79. The Bertz CT molecular complexity index is 490. The van der Waals surface area contributed by atoms with E-state index >= 15 is 0 Å². The molecule has 1 N–H and O–H groups in total. The third kappa shape index (κ3) is 3.88. The van der Waals surface area contributed by atoms with Crippen LogP contribution in [0.1, 0.15) is 48.5 Å². The molecule has 0 saturated heterocycles. The van der Waals surface area contributed by atoms with Crippen molar-refractivity contribution in [2.24, 2.45) is 0 Å². The van der Waals surface area contributed by atoms with Crippen molar-refractivity contribution in [1.82, 2.24) is 10.3 Å². The number of aryl methyl sites for hydroxylation is 1. The molecule has 1 heterocycles. The van der Waals surface area contributed by atoms with Crippen molar-refractivity contribution in [3.8, 4) is 0 Å². The van der Waals surface area contributed by atoms with Crippen molar-refractivity contribution in [3.05, 3.63) is 52.0 Å². The fourth-order valence-electron chi connectivity index (χ4n) is 2.07. The highest BCUT2D eigenvalue weighted by Crippen LogP contribution is 2.25. The van der Waals surface area contributed by atoms with E-state index in [4.69, 9.17) is 4.98 Å². The predicted molar refractivity (Wildman–Crippen MR) is 82.8 cm³/mol. The minimum absolute atomic E-state index is 0.359. The van der Waals surface area contributed by atoms with Gasteiger partial charge in [-0.1, -0.05) is 44.2 Å². The summed E-state index contributed by atoms with van der Waals surface area (Å²) >= 11 is 1.77. The monoisotopic (exact) mass is 274 g/mol. The van der Waals surface area contributed by atoms with Crippen molar-refractivity contribution >= 4 is 11.3 Å². The summed E-state index contributed by atoms with van der Waals surface area (Å²) in [6.45, 7) is 4.38. The van der Waals surface area contributed by atoms with Gasteiger partial charge in [-0.15, -0.1) is 11.3 Å². The zero-order valence-corrected chi connectivity index (χ0v) is 12.7. The second-order valence-electron chi connectivity index (χ2n) is 5.13. The predicted octanol–water partition coefficient (Wildman–Crippen LogP) is 4.16. The molecule has 1 unspecified atom stereocenters. The lowest BCUT2D eigenvalue weighted by Crippen LogP contribution is -2.17. The van der Waals surface area contributed by atoms with Crippen molar-refractivity contribution in [2.75, 3.05) is 7.05 Å². The molecule has 3 heteroatoms. The van der Waals surface area contributed by atoms with E-state index in [0.29, 0.717) is 12.0 Å². The van der Waals surface area contributed by atoms with E-state index in [2.05, 4.69) is 54.9 Å². The molecular weight excluding hydrogens is 252 g/mol. The van der Waals surface area contributed by atoms with Crippen LogP contribution in [0.15, 0.2) is 35.7 Å². The van der Waals surface area contributed by atoms with Gasteiger partial charge in [0.1, 0.15) is 5.01 Å². The van der Waals surface area contributed by atoms with Gasteiger partial charge in [0, 0.05) is 5.38 Å². The summed E-state index contributed by atoms with van der Waals surface area (Å²) in [5.41, 5.74) is 2.60. The number of hydrogen-bond donors (Lipinski definition) is 1. The van der Waals surface area contributed by atoms with Crippen LogP contribution in [0.4, 0.5) is 0 Å². The first-order valence-electron chi connectivity index (χ1n) is 6.87. The van der Waals surface area contributed by atoms with E-state index in [1.165, 1.54) is 16.3 Å². The third-order valence-corrected chi connectivity index (χ3v) is 4.32. The molecule has 0 amide bonds. The van der Waals surface area contributed by atoms with Gasteiger partial charge in [-0.3, -0.25) is 0 Å². The summed E-state index contributed by atoms with van der Waals surface area (Å²) in [5.74, 6) is 0.511. The van der Waals surface area contributed by atoms with Crippen LogP contribution in [0.2, 0.25) is 0 Å². The maximum Gasteiger partial charge on any atom is 0.110 e. The van der Waals surface area contributed by atoms with Crippen LogP contribution in [0.5, 0.6) is 0 Å². The molecule has 0 aliphatic rings. The van der Waals surface area contributed by atoms with Gasteiger partial charge in [-0.25, -0.2) is 4.98 Å². The SMILES string of the molecule is CNC(CCc1ccccc1)c1nc(C(C)C)cs1. The Labute approximate surface area is 119 Å². The molecule has 2 rings (SSSR count). The average molecular weight is 274 g/mol. The molecule has 1 aromatic heterocycles. The highest BCUT2D eigenvalue weighted by Gasteiger charge is 2.14. The molecule has 0 fully saturated rings. The Morgan fingerprint density at radius 3 is 2.53 bits per heavy atom. The molecule has 0 spiro atoms. The summed E-state index contributed by atoms with van der Waals surface area (Å²) in [7, 11) is 2.02. The Morgan fingerprint density at radius 2 is 1.95 bits per heavy atom. The van der Waals surface area contributed by atoms with Gasteiger partial charge in [-0.2, -0.15) is 0 Å². The van der Waals surface area contributed by atoms with Crippen LogP contribution in [0, 0.1) is 0 Å². The normalized spacial score (nSPS) is 12.8. The number of thiazole rings is 1. The topological polar surface area (TPSA) is 24.9 Å². The summed E-state index contributed by atoms with van der Waals surface area (Å²) in [4.78, 5) is 4.75. The standard InChI is InChI=1S/C16H22N2S/c1-12(2)15-11-19-16(18-15)14(17-3)10-9-13-7-5-4-6-8-13/h4-8,11-12,14,17H,9-10H2,1-3H3. The second kappa shape index (κ2) is 6.83. The van der Waals surface area contributed by atoms with Gasteiger partial charge in [0.25, 0.3) is 0 Å². The molecule has 0 radical (unpaired) electrons. The molecule has 1 atom stereocenters. The van der Waals surface area contributed by atoms with E-state index in [0.717, 1.165) is 12.8 Å². The summed E-state index contributed by atoms with van der Waals surface area (Å²) in [6, 6.07) is 11.0. The largest absolute Gasteiger partial charge is 0.311 e. The van der Waals surface area contributed by atoms with Crippen LogP contribution >= 0.6 is 11.3 Å². The quantitative estimate of drug-likeness (QED) is 0.855. The van der Waals surface area contributed by atoms with Gasteiger partial charge >= 0.3 is 0 Å². The van der Waals surface area contributed by atoms with Crippen LogP contribution in [0.3, 0.4) is 0 Å². The minimum Gasteiger partial charge on any atom is -0.311 e. The van der Waals surface area contributed by atoms with E-state index in [1.54, 1.807) is 11.3 Å². The number of aromatic nitrogens is 1. The molecule has 0 saturated carbocycles. The first-order valence-corrected chi connectivity index (χ1v) is 7.75. The third-order valence-electron chi connectivity index (χ3n) is 3.34. The molecule has 0 bridgehead atoms. The second-order valence-corrected chi connectivity index (χ2v) is 6.02. The van der Waals surface area contributed by atoms with Crippen LogP contribution < -0.4 is 5.32 Å². The number of benzene rings is 1. The van der Waals surface area contributed by atoms with Crippen molar-refractivity contribution in [1.29, 1.82) is 0 Å². The lowest BCUT2D eigenvalue weighted by atomic mass is 10.1.